The Morgan fingerprint density at radius 1 is 1.06 bits per heavy atom. The first-order chi connectivity index (χ1) is 15.2. The van der Waals surface area contributed by atoms with E-state index in [0.29, 0.717) is 26.2 Å². The third-order valence-corrected chi connectivity index (χ3v) is 5.64. The van der Waals surface area contributed by atoms with Gasteiger partial charge in [0, 0.05) is 18.8 Å². The molecule has 2 aromatic carbocycles. The average molecular weight is 439 g/mol. The smallest absolute Gasteiger partial charge is 0.411 e. The SMILES string of the molecule is Cc1cccc(N2C[C@H](CCOCc3ccccc3)N(C(=O)OC(C)(C)C)CC2=O)c1C. The number of hydrogen-bond donors (Lipinski definition) is 0. The number of amides is 2. The second-order valence-electron chi connectivity index (χ2n) is 9.31. The molecule has 2 amide bonds. The number of rotatable bonds is 6. The van der Waals surface area contributed by atoms with E-state index in [4.69, 9.17) is 9.47 Å². The van der Waals surface area contributed by atoms with Crippen LogP contribution < -0.4 is 4.90 Å². The molecule has 0 radical (unpaired) electrons. The van der Waals surface area contributed by atoms with Crippen molar-refractivity contribution in [2.75, 3.05) is 24.6 Å². The van der Waals surface area contributed by atoms with Crippen LogP contribution in [0.3, 0.4) is 0 Å². The number of aryl methyl sites for hydroxylation is 1. The quantitative estimate of drug-likeness (QED) is 0.604. The fraction of sp³-hybridized carbons (Fsp3) is 0.462. The first kappa shape index (κ1) is 23.8. The Hall–Kier alpha value is -2.86. The summed E-state index contributed by atoms with van der Waals surface area (Å²) in [6.07, 6.45) is 0.153. The number of nitrogens with zero attached hydrogens (tertiary/aromatic N) is 2. The van der Waals surface area contributed by atoms with Crippen LogP contribution in [0.25, 0.3) is 0 Å². The highest BCUT2D eigenvalue weighted by Crippen LogP contribution is 2.27. The minimum absolute atomic E-state index is 0.00829. The van der Waals surface area contributed by atoms with Crippen molar-refractivity contribution in [1.82, 2.24) is 4.90 Å². The number of carbonyl (C=O) groups excluding carboxylic acids is 2. The van der Waals surface area contributed by atoms with E-state index in [0.717, 1.165) is 22.4 Å². The van der Waals surface area contributed by atoms with Crippen molar-refractivity contribution in [3.63, 3.8) is 0 Å². The fourth-order valence-corrected chi connectivity index (χ4v) is 3.80. The number of hydrogen-bond acceptors (Lipinski definition) is 4. The van der Waals surface area contributed by atoms with E-state index in [1.165, 1.54) is 0 Å². The molecule has 0 unspecified atom stereocenters. The van der Waals surface area contributed by atoms with Crippen molar-refractivity contribution in [1.29, 1.82) is 0 Å². The van der Waals surface area contributed by atoms with Gasteiger partial charge in [-0.15, -0.1) is 0 Å². The Kier molecular flexibility index (Phi) is 7.56. The van der Waals surface area contributed by atoms with Gasteiger partial charge in [-0.2, -0.15) is 0 Å². The summed E-state index contributed by atoms with van der Waals surface area (Å²) in [4.78, 5) is 29.3. The lowest BCUT2D eigenvalue weighted by Gasteiger charge is -2.41. The first-order valence-electron chi connectivity index (χ1n) is 11.1. The Morgan fingerprint density at radius 3 is 2.47 bits per heavy atom. The maximum Gasteiger partial charge on any atom is 0.411 e. The molecule has 6 heteroatoms. The second-order valence-corrected chi connectivity index (χ2v) is 9.31. The second kappa shape index (κ2) is 10.2. The third kappa shape index (κ3) is 6.10. The summed E-state index contributed by atoms with van der Waals surface area (Å²) in [6, 6.07) is 15.8. The van der Waals surface area contributed by atoms with Gasteiger partial charge >= 0.3 is 6.09 Å². The van der Waals surface area contributed by atoms with E-state index in [-0.39, 0.29) is 18.5 Å². The van der Waals surface area contributed by atoms with Gasteiger partial charge in [-0.3, -0.25) is 9.69 Å². The van der Waals surface area contributed by atoms with Crippen LogP contribution in [0.2, 0.25) is 0 Å². The molecule has 1 saturated heterocycles. The van der Waals surface area contributed by atoms with Gasteiger partial charge in [0.15, 0.2) is 0 Å². The Bertz CT molecular complexity index is 937. The van der Waals surface area contributed by atoms with Gasteiger partial charge in [-0.25, -0.2) is 4.79 Å². The zero-order chi connectivity index (χ0) is 23.3. The van der Waals surface area contributed by atoms with Crippen LogP contribution in [-0.2, 0) is 20.9 Å². The molecule has 1 atom stereocenters. The number of carbonyl (C=O) groups is 2. The molecule has 0 aliphatic carbocycles. The van der Waals surface area contributed by atoms with Crippen LogP contribution in [0.4, 0.5) is 10.5 Å². The van der Waals surface area contributed by atoms with Crippen molar-refractivity contribution in [3.05, 3.63) is 65.2 Å². The van der Waals surface area contributed by atoms with Crippen LogP contribution in [0.5, 0.6) is 0 Å². The summed E-state index contributed by atoms with van der Waals surface area (Å²) in [6.45, 7) is 11.0. The third-order valence-electron chi connectivity index (χ3n) is 5.64. The summed E-state index contributed by atoms with van der Waals surface area (Å²) in [5.41, 5.74) is 3.58. The molecular formula is C26H34N2O4. The van der Waals surface area contributed by atoms with Gasteiger partial charge < -0.3 is 14.4 Å². The molecule has 0 N–H and O–H groups in total. The fourth-order valence-electron chi connectivity index (χ4n) is 3.80. The highest BCUT2D eigenvalue weighted by atomic mass is 16.6. The molecule has 1 aliphatic heterocycles. The topological polar surface area (TPSA) is 59.1 Å². The molecule has 2 aromatic rings. The molecule has 6 nitrogen and oxygen atoms in total. The van der Waals surface area contributed by atoms with Crippen molar-refractivity contribution in [3.8, 4) is 0 Å². The largest absolute Gasteiger partial charge is 0.444 e. The van der Waals surface area contributed by atoms with Crippen molar-refractivity contribution in [2.45, 2.75) is 59.3 Å². The lowest BCUT2D eigenvalue weighted by molar-refractivity contribution is -0.122. The van der Waals surface area contributed by atoms with E-state index in [9.17, 15) is 9.59 Å². The zero-order valence-corrected chi connectivity index (χ0v) is 19.8. The molecule has 1 aliphatic rings. The Balaban J connectivity index is 1.74. The predicted molar refractivity (Wildman–Crippen MR) is 126 cm³/mol. The molecule has 1 fully saturated rings. The van der Waals surface area contributed by atoms with E-state index < -0.39 is 11.7 Å². The summed E-state index contributed by atoms with van der Waals surface area (Å²) >= 11 is 0. The molecule has 0 saturated carbocycles. The van der Waals surface area contributed by atoms with Gasteiger partial charge in [0.2, 0.25) is 5.91 Å². The molecule has 3 rings (SSSR count). The summed E-state index contributed by atoms with van der Waals surface area (Å²) < 4.78 is 11.5. The molecule has 0 aromatic heterocycles. The monoisotopic (exact) mass is 438 g/mol. The zero-order valence-electron chi connectivity index (χ0n) is 19.8. The molecule has 0 spiro atoms. The highest BCUT2D eigenvalue weighted by Gasteiger charge is 2.38. The number of benzene rings is 2. The van der Waals surface area contributed by atoms with Gasteiger partial charge in [0.1, 0.15) is 12.1 Å². The normalized spacial score (nSPS) is 16.9. The minimum atomic E-state index is -0.626. The number of anilines is 1. The van der Waals surface area contributed by atoms with Crippen LogP contribution in [0, 0.1) is 13.8 Å². The van der Waals surface area contributed by atoms with E-state index in [1.54, 1.807) is 9.80 Å². The lowest BCUT2D eigenvalue weighted by atomic mass is 10.0. The van der Waals surface area contributed by atoms with Crippen molar-refractivity contribution < 1.29 is 19.1 Å². The van der Waals surface area contributed by atoms with Crippen LogP contribution in [0.15, 0.2) is 48.5 Å². The van der Waals surface area contributed by atoms with Gasteiger partial charge in [0.05, 0.1) is 12.6 Å². The van der Waals surface area contributed by atoms with Crippen LogP contribution >= 0.6 is 0 Å². The summed E-state index contributed by atoms with van der Waals surface area (Å²) in [5, 5.41) is 0. The molecule has 172 valence electrons. The maximum absolute atomic E-state index is 13.0. The standard InChI is InChI=1S/C26H34N2O4/c1-19-10-9-13-23(20(19)2)28-16-22(14-15-31-18-21-11-7-6-8-12-21)27(17-24(28)29)25(30)32-26(3,4)5/h6-13,22H,14-18H2,1-5H3/t22-/m0/s1. The van der Waals surface area contributed by atoms with E-state index >= 15 is 0 Å². The average Bonchev–Trinajstić information content (AvgIpc) is 2.73. The molecule has 32 heavy (non-hydrogen) atoms. The minimum Gasteiger partial charge on any atom is -0.444 e. The summed E-state index contributed by atoms with van der Waals surface area (Å²) in [5.74, 6) is -0.106. The molecule has 1 heterocycles. The first-order valence-corrected chi connectivity index (χ1v) is 11.1. The molecular weight excluding hydrogens is 404 g/mol. The van der Waals surface area contributed by atoms with Crippen molar-refractivity contribution >= 4 is 17.7 Å². The Morgan fingerprint density at radius 2 is 1.78 bits per heavy atom. The Labute approximate surface area is 191 Å². The molecule has 0 bridgehead atoms. The van der Waals surface area contributed by atoms with Gasteiger partial charge in [0.25, 0.3) is 0 Å². The van der Waals surface area contributed by atoms with Crippen molar-refractivity contribution in [2.24, 2.45) is 0 Å². The number of ether oxygens (including phenoxy) is 2. The highest BCUT2D eigenvalue weighted by molar-refractivity contribution is 5.98. The van der Waals surface area contributed by atoms with Crippen LogP contribution in [0.1, 0.15) is 43.9 Å². The predicted octanol–water partition coefficient (Wildman–Crippen LogP) is 4.86. The van der Waals surface area contributed by atoms with E-state index in [1.807, 2.05) is 83.1 Å². The van der Waals surface area contributed by atoms with Gasteiger partial charge in [-0.1, -0.05) is 42.5 Å². The van der Waals surface area contributed by atoms with Gasteiger partial charge in [-0.05, 0) is 63.8 Å². The lowest BCUT2D eigenvalue weighted by Crippen LogP contribution is -2.59. The maximum atomic E-state index is 13.0. The van der Waals surface area contributed by atoms with Crippen LogP contribution in [-0.4, -0.2) is 48.2 Å². The summed E-state index contributed by atoms with van der Waals surface area (Å²) in [7, 11) is 0. The van der Waals surface area contributed by atoms with E-state index in [2.05, 4.69) is 0 Å². The number of piperazine rings is 1.